The van der Waals surface area contributed by atoms with Gasteiger partial charge in [-0.1, -0.05) is 30.3 Å². The highest BCUT2D eigenvalue weighted by Crippen LogP contribution is 2.23. The number of nitrogens with zero attached hydrogens (tertiary/aromatic N) is 1. The van der Waals surface area contributed by atoms with Crippen LogP contribution >= 0.6 is 0 Å². The fraction of sp³-hybridized carbons (Fsp3) is 0.222. The molecule has 1 aliphatic rings. The molecule has 0 saturated carbocycles. The highest BCUT2D eigenvalue weighted by atomic mass is 16.2. The van der Waals surface area contributed by atoms with Crippen LogP contribution in [0.15, 0.2) is 53.6 Å². The standard InChI is InChI=1S/C18H18N2O/c1-13(16-11-10-14-8-5-9-17(14)12-16)19-20-18(21)15-6-3-2-4-7-15/h2-4,6-7,10-12H,5,8-9H2,1H3,(H,20,21)/b19-13-. The summed E-state index contributed by atoms with van der Waals surface area (Å²) >= 11 is 0. The van der Waals surface area contributed by atoms with Crippen LogP contribution in [0.4, 0.5) is 0 Å². The van der Waals surface area contributed by atoms with Crippen molar-refractivity contribution >= 4 is 11.6 Å². The van der Waals surface area contributed by atoms with Crippen molar-refractivity contribution in [3.8, 4) is 0 Å². The third-order valence-corrected chi connectivity index (χ3v) is 3.88. The number of aryl methyl sites for hydroxylation is 2. The van der Waals surface area contributed by atoms with Crippen LogP contribution in [0.1, 0.15) is 40.4 Å². The molecule has 0 saturated heterocycles. The number of hydrogen-bond donors (Lipinski definition) is 1. The largest absolute Gasteiger partial charge is 0.271 e. The Labute approximate surface area is 124 Å². The summed E-state index contributed by atoms with van der Waals surface area (Å²) in [7, 11) is 0. The van der Waals surface area contributed by atoms with Gasteiger partial charge in [0.1, 0.15) is 0 Å². The average molecular weight is 278 g/mol. The number of fused-ring (bicyclic) bond motifs is 1. The van der Waals surface area contributed by atoms with Gasteiger partial charge in [0.25, 0.3) is 5.91 Å². The quantitative estimate of drug-likeness (QED) is 0.679. The number of hydrazone groups is 1. The van der Waals surface area contributed by atoms with E-state index in [0.29, 0.717) is 5.56 Å². The van der Waals surface area contributed by atoms with Crippen LogP contribution in [0, 0.1) is 0 Å². The summed E-state index contributed by atoms with van der Waals surface area (Å²) < 4.78 is 0. The Kier molecular flexibility index (Phi) is 3.82. The molecule has 1 aliphatic carbocycles. The molecule has 0 fully saturated rings. The maximum Gasteiger partial charge on any atom is 0.271 e. The van der Waals surface area contributed by atoms with Crippen LogP contribution < -0.4 is 5.43 Å². The van der Waals surface area contributed by atoms with Gasteiger partial charge in [0.2, 0.25) is 0 Å². The minimum absolute atomic E-state index is 0.184. The van der Waals surface area contributed by atoms with E-state index in [1.165, 1.54) is 24.0 Å². The number of nitrogens with one attached hydrogen (secondary N) is 1. The van der Waals surface area contributed by atoms with Crippen LogP contribution in [0.2, 0.25) is 0 Å². The summed E-state index contributed by atoms with van der Waals surface area (Å²) in [5.41, 5.74) is 7.99. The zero-order chi connectivity index (χ0) is 14.7. The van der Waals surface area contributed by atoms with E-state index < -0.39 is 0 Å². The molecule has 2 aromatic carbocycles. The van der Waals surface area contributed by atoms with Crippen molar-refractivity contribution < 1.29 is 4.79 Å². The summed E-state index contributed by atoms with van der Waals surface area (Å²) in [6.07, 6.45) is 3.56. The Hall–Kier alpha value is -2.42. The van der Waals surface area contributed by atoms with Crippen LogP contribution in [-0.4, -0.2) is 11.6 Å². The summed E-state index contributed by atoms with van der Waals surface area (Å²) in [5, 5.41) is 4.21. The van der Waals surface area contributed by atoms with Gasteiger partial charge >= 0.3 is 0 Å². The van der Waals surface area contributed by atoms with Gasteiger partial charge in [-0.2, -0.15) is 5.10 Å². The predicted molar refractivity (Wildman–Crippen MR) is 84.6 cm³/mol. The maximum atomic E-state index is 11.9. The van der Waals surface area contributed by atoms with Crippen molar-refractivity contribution in [1.29, 1.82) is 0 Å². The minimum atomic E-state index is -0.184. The molecule has 1 amide bonds. The molecule has 106 valence electrons. The number of amides is 1. The summed E-state index contributed by atoms with van der Waals surface area (Å²) in [6, 6.07) is 15.6. The van der Waals surface area contributed by atoms with Crippen molar-refractivity contribution in [2.75, 3.05) is 0 Å². The van der Waals surface area contributed by atoms with E-state index in [2.05, 4.69) is 28.7 Å². The smallest absolute Gasteiger partial charge is 0.267 e. The fourth-order valence-corrected chi connectivity index (χ4v) is 2.65. The van der Waals surface area contributed by atoms with E-state index in [4.69, 9.17) is 0 Å². The normalized spacial score (nSPS) is 13.9. The molecule has 2 aromatic rings. The van der Waals surface area contributed by atoms with Crippen molar-refractivity contribution in [1.82, 2.24) is 5.43 Å². The first-order valence-electron chi connectivity index (χ1n) is 7.26. The third-order valence-electron chi connectivity index (χ3n) is 3.88. The first kappa shape index (κ1) is 13.6. The Balaban J connectivity index is 1.73. The molecule has 0 aliphatic heterocycles. The van der Waals surface area contributed by atoms with E-state index in [1.807, 2.05) is 25.1 Å². The number of benzene rings is 2. The van der Waals surface area contributed by atoms with Crippen LogP contribution in [0.5, 0.6) is 0 Å². The van der Waals surface area contributed by atoms with E-state index in [0.717, 1.165) is 17.7 Å². The third kappa shape index (κ3) is 3.02. The molecule has 0 spiro atoms. The lowest BCUT2D eigenvalue weighted by Crippen LogP contribution is -2.19. The van der Waals surface area contributed by atoms with Gasteiger partial charge in [-0.25, -0.2) is 5.43 Å². The molecule has 0 unspecified atom stereocenters. The van der Waals surface area contributed by atoms with Crippen LogP contribution in [0.3, 0.4) is 0 Å². The maximum absolute atomic E-state index is 11.9. The van der Waals surface area contributed by atoms with Crippen molar-refractivity contribution in [2.24, 2.45) is 5.10 Å². The van der Waals surface area contributed by atoms with Crippen molar-refractivity contribution in [3.05, 3.63) is 70.8 Å². The number of carbonyl (C=O) groups is 1. The first-order valence-corrected chi connectivity index (χ1v) is 7.26. The van der Waals surface area contributed by atoms with E-state index in [-0.39, 0.29) is 5.91 Å². The summed E-state index contributed by atoms with van der Waals surface area (Å²) in [5.74, 6) is -0.184. The fourth-order valence-electron chi connectivity index (χ4n) is 2.65. The predicted octanol–water partition coefficient (Wildman–Crippen LogP) is 3.33. The molecule has 3 heteroatoms. The van der Waals surface area contributed by atoms with Crippen LogP contribution in [-0.2, 0) is 12.8 Å². The molecule has 0 bridgehead atoms. The lowest BCUT2D eigenvalue weighted by Gasteiger charge is -2.05. The number of carbonyl (C=O) groups excluding carboxylic acids is 1. The lowest BCUT2D eigenvalue weighted by molar-refractivity contribution is 0.0955. The molecule has 21 heavy (non-hydrogen) atoms. The van der Waals surface area contributed by atoms with E-state index >= 15 is 0 Å². The molecule has 0 atom stereocenters. The lowest BCUT2D eigenvalue weighted by atomic mass is 10.0. The topological polar surface area (TPSA) is 41.5 Å². The Morgan fingerprint density at radius 2 is 1.76 bits per heavy atom. The van der Waals surface area contributed by atoms with Gasteiger partial charge in [0, 0.05) is 5.56 Å². The van der Waals surface area contributed by atoms with E-state index in [1.54, 1.807) is 12.1 Å². The number of hydrogen-bond acceptors (Lipinski definition) is 2. The molecule has 3 rings (SSSR count). The summed E-state index contributed by atoms with van der Waals surface area (Å²) in [4.78, 5) is 11.9. The Morgan fingerprint density at radius 1 is 1.00 bits per heavy atom. The first-order chi connectivity index (χ1) is 10.2. The molecule has 0 radical (unpaired) electrons. The minimum Gasteiger partial charge on any atom is -0.267 e. The van der Waals surface area contributed by atoms with Crippen LogP contribution in [0.25, 0.3) is 0 Å². The average Bonchev–Trinajstić information content (AvgIpc) is 3.00. The number of rotatable bonds is 3. The van der Waals surface area contributed by atoms with E-state index in [9.17, 15) is 4.79 Å². The Morgan fingerprint density at radius 3 is 2.57 bits per heavy atom. The van der Waals surface area contributed by atoms with Gasteiger partial charge in [-0.05, 0) is 61.1 Å². The second kappa shape index (κ2) is 5.92. The Bertz CT molecular complexity index is 690. The van der Waals surface area contributed by atoms with Crippen molar-refractivity contribution in [3.63, 3.8) is 0 Å². The molecule has 1 N–H and O–H groups in total. The molecule has 3 nitrogen and oxygen atoms in total. The highest BCUT2D eigenvalue weighted by molar-refractivity contribution is 6.01. The zero-order valence-corrected chi connectivity index (χ0v) is 12.1. The molecular formula is C18H18N2O. The van der Waals surface area contributed by atoms with Gasteiger partial charge in [-0.15, -0.1) is 0 Å². The SMILES string of the molecule is C/C(=N/NC(=O)c1ccccc1)c1ccc2c(c1)CCC2. The highest BCUT2D eigenvalue weighted by Gasteiger charge is 2.11. The zero-order valence-electron chi connectivity index (χ0n) is 12.1. The molecular weight excluding hydrogens is 260 g/mol. The van der Waals surface area contributed by atoms with Crippen molar-refractivity contribution in [2.45, 2.75) is 26.2 Å². The molecule has 0 heterocycles. The van der Waals surface area contributed by atoms with Gasteiger partial charge in [0.05, 0.1) is 5.71 Å². The van der Waals surface area contributed by atoms with Gasteiger partial charge in [-0.3, -0.25) is 4.79 Å². The second-order valence-electron chi connectivity index (χ2n) is 5.34. The van der Waals surface area contributed by atoms with Gasteiger partial charge < -0.3 is 0 Å². The summed E-state index contributed by atoms with van der Waals surface area (Å²) in [6.45, 7) is 1.92. The second-order valence-corrected chi connectivity index (χ2v) is 5.34. The molecule has 0 aromatic heterocycles. The van der Waals surface area contributed by atoms with Gasteiger partial charge in [0.15, 0.2) is 0 Å². The monoisotopic (exact) mass is 278 g/mol.